The number of rotatable bonds is 5. The quantitative estimate of drug-likeness (QED) is 0.681. The highest BCUT2D eigenvalue weighted by Gasteiger charge is 2.50. The molecule has 0 N–H and O–H groups in total. The topological polar surface area (TPSA) is 84.0 Å². The number of likely N-dealkylation sites (tertiary alicyclic amines) is 1. The number of fused-ring (bicyclic) bond motifs is 2. The average molecular weight is 423 g/mol. The second-order valence-corrected chi connectivity index (χ2v) is 11.8. The standard InChI is InChI=1S/C21H30N2O5S/c1-20(2)10-16-11-21(3,13-20)14-23(16)18(24)12-28-19(25)15-6-8-17(9-7-15)29(26,27)22(4)5/h6-9,16H,10-14H2,1-5H3/t16-,21-/m0/s1. The summed E-state index contributed by atoms with van der Waals surface area (Å²) in [7, 11) is -0.675. The average Bonchev–Trinajstić information content (AvgIpc) is 2.88. The van der Waals surface area contributed by atoms with Crippen LogP contribution in [0, 0.1) is 10.8 Å². The van der Waals surface area contributed by atoms with Crippen molar-refractivity contribution in [3.8, 4) is 0 Å². The Morgan fingerprint density at radius 2 is 1.76 bits per heavy atom. The van der Waals surface area contributed by atoms with E-state index in [-0.39, 0.29) is 39.8 Å². The summed E-state index contributed by atoms with van der Waals surface area (Å²) in [6.07, 6.45) is 3.05. The van der Waals surface area contributed by atoms with Gasteiger partial charge in [-0.2, -0.15) is 0 Å². The van der Waals surface area contributed by atoms with Crippen molar-refractivity contribution in [3.05, 3.63) is 29.8 Å². The molecule has 2 bridgehead atoms. The predicted molar refractivity (Wildman–Crippen MR) is 109 cm³/mol. The number of nitrogens with zero attached hydrogens (tertiary/aromatic N) is 2. The Labute approximate surface area is 173 Å². The van der Waals surface area contributed by atoms with Crippen LogP contribution in [-0.4, -0.2) is 62.8 Å². The van der Waals surface area contributed by atoms with Crippen molar-refractivity contribution >= 4 is 21.9 Å². The van der Waals surface area contributed by atoms with Gasteiger partial charge in [0.15, 0.2) is 6.61 Å². The molecular formula is C21H30N2O5S. The van der Waals surface area contributed by atoms with Gasteiger partial charge in [-0.3, -0.25) is 4.79 Å². The highest BCUT2D eigenvalue weighted by molar-refractivity contribution is 7.89. The molecule has 1 aliphatic carbocycles. The van der Waals surface area contributed by atoms with Gasteiger partial charge in [-0.05, 0) is 54.4 Å². The van der Waals surface area contributed by atoms with E-state index in [1.165, 1.54) is 38.4 Å². The van der Waals surface area contributed by atoms with Gasteiger partial charge < -0.3 is 9.64 Å². The van der Waals surface area contributed by atoms with Crippen molar-refractivity contribution in [3.63, 3.8) is 0 Å². The largest absolute Gasteiger partial charge is 0.452 e. The first-order valence-corrected chi connectivity index (χ1v) is 11.3. The summed E-state index contributed by atoms with van der Waals surface area (Å²) in [5, 5.41) is 0. The van der Waals surface area contributed by atoms with Crippen molar-refractivity contribution in [2.45, 2.75) is 51.0 Å². The molecule has 1 aromatic rings. The van der Waals surface area contributed by atoms with Crippen LogP contribution in [0.15, 0.2) is 29.2 Å². The van der Waals surface area contributed by atoms with Gasteiger partial charge in [-0.25, -0.2) is 17.5 Å². The monoisotopic (exact) mass is 422 g/mol. The van der Waals surface area contributed by atoms with E-state index in [1.54, 1.807) is 0 Å². The maximum Gasteiger partial charge on any atom is 0.338 e. The number of carbonyl (C=O) groups excluding carboxylic acids is 2. The lowest BCUT2D eigenvalue weighted by Crippen LogP contribution is -2.39. The highest BCUT2D eigenvalue weighted by Crippen LogP contribution is 2.52. The zero-order chi connectivity index (χ0) is 21.6. The van der Waals surface area contributed by atoms with Crippen molar-refractivity contribution in [1.29, 1.82) is 0 Å². The summed E-state index contributed by atoms with van der Waals surface area (Å²) in [5.74, 6) is -0.808. The third kappa shape index (κ3) is 4.48. The maximum absolute atomic E-state index is 12.7. The molecule has 3 rings (SSSR count). The molecule has 2 atom stereocenters. The van der Waals surface area contributed by atoms with Gasteiger partial charge in [0.2, 0.25) is 10.0 Å². The van der Waals surface area contributed by atoms with Crippen LogP contribution in [0.2, 0.25) is 0 Å². The number of hydrogen-bond donors (Lipinski definition) is 0. The highest BCUT2D eigenvalue weighted by atomic mass is 32.2. The molecular weight excluding hydrogens is 392 g/mol. The second-order valence-electron chi connectivity index (χ2n) is 9.62. The Morgan fingerprint density at radius 1 is 1.14 bits per heavy atom. The molecule has 0 unspecified atom stereocenters. The Balaban J connectivity index is 1.61. The lowest BCUT2D eigenvalue weighted by atomic mass is 9.65. The molecule has 8 heteroatoms. The van der Waals surface area contributed by atoms with E-state index in [9.17, 15) is 18.0 Å². The minimum atomic E-state index is -3.56. The van der Waals surface area contributed by atoms with Crippen LogP contribution in [0.25, 0.3) is 0 Å². The third-order valence-corrected chi connectivity index (χ3v) is 7.76. The fourth-order valence-electron chi connectivity index (χ4n) is 5.02. The first kappa shape index (κ1) is 21.8. The molecule has 0 aromatic heterocycles. The van der Waals surface area contributed by atoms with Crippen LogP contribution in [0.4, 0.5) is 0 Å². The lowest BCUT2D eigenvalue weighted by molar-refractivity contribution is -0.135. The minimum absolute atomic E-state index is 0.0929. The number of ether oxygens (including phenoxy) is 1. The van der Waals surface area contributed by atoms with Crippen LogP contribution in [0.3, 0.4) is 0 Å². The van der Waals surface area contributed by atoms with Crippen LogP contribution in [0.1, 0.15) is 50.4 Å². The van der Waals surface area contributed by atoms with Gasteiger partial charge in [-0.15, -0.1) is 0 Å². The molecule has 1 aromatic carbocycles. The first-order valence-electron chi connectivity index (χ1n) is 9.82. The summed E-state index contributed by atoms with van der Waals surface area (Å²) in [5.41, 5.74) is 0.543. The third-order valence-electron chi connectivity index (χ3n) is 5.93. The van der Waals surface area contributed by atoms with Gasteiger partial charge in [0, 0.05) is 26.7 Å². The van der Waals surface area contributed by atoms with Crippen LogP contribution < -0.4 is 0 Å². The number of benzene rings is 1. The summed E-state index contributed by atoms with van der Waals surface area (Å²) in [6.45, 7) is 7.11. The van der Waals surface area contributed by atoms with Gasteiger partial charge in [0.1, 0.15) is 0 Å². The Bertz CT molecular complexity index is 908. The zero-order valence-corrected chi connectivity index (χ0v) is 18.6. The van der Waals surface area contributed by atoms with E-state index in [2.05, 4.69) is 20.8 Å². The van der Waals surface area contributed by atoms with Gasteiger partial charge in [-0.1, -0.05) is 20.8 Å². The fourth-order valence-corrected chi connectivity index (χ4v) is 5.92. The molecule has 1 amide bonds. The van der Waals surface area contributed by atoms with E-state index in [0.29, 0.717) is 6.54 Å². The van der Waals surface area contributed by atoms with Gasteiger partial charge in [0.25, 0.3) is 5.91 Å². The SMILES string of the molecule is CN(C)S(=O)(=O)c1ccc(C(=O)OCC(=O)N2C[C@@]3(C)C[C@@H]2CC(C)(C)C3)cc1. The second kappa shape index (κ2) is 7.40. The molecule has 1 aliphatic heterocycles. The first-order chi connectivity index (χ1) is 13.3. The smallest absolute Gasteiger partial charge is 0.338 e. The van der Waals surface area contributed by atoms with E-state index in [1.807, 2.05) is 4.90 Å². The molecule has 1 heterocycles. The molecule has 0 spiro atoms. The normalized spacial score (nSPS) is 25.9. The molecule has 7 nitrogen and oxygen atoms in total. The number of hydrogen-bond acceptors (Lipinski definition) is 5. The zero-order valence-electron chi connectivity index (χ0n) is 17.8. The molecule has 1 saturated heterocycles. The van der Waals surface area contributed by atoms with Gasteiger partial charge >= 0.3 is 5.97 Å². The molecule has 1 saturated carbocycles. The summed E-state index contributed by atoms with van der Waals surface area (Å²) in [6, 6.07) is 5.72. The fraction of sp³-hybridized carbons (Fsp3) is 0.619. The lowest BCUT2D eigenvalue weighted by Gasteiger charge is -2.39. The molecule has 160 valence electrons. The van der Waals surface area contributed by atoms with Crippen LogP contribution in [0.5, 0.6) is 0 Å². The van der Waals surface area contributed by atoms with E-state index in [0.717, 1.165) is 23.6 Å². The number of esters is 1. The van der Waals surface area contributed by atoms with Crippen LogP contribution in [-0.2, 0) is 19.6 Å². The molecule has 29 heavy (non-hydrogen) atoms. The molecule has 2 aliphatic rings. The summed E-state index contributed by atoms with van der Waals surface area (Å²) in [4.78, 5) is 27.0. The summed E-state index contributed by atoms with van der Waals surface area (Å²) >= 11 is 0. The Morgan fingerprint density at radius 3 is 2.34 bits per heavy atom. The number of carbonyl (C=O) groups is 2. The number of amides is 1. The Hall–Kier alpha value is -1.93. The maximum atomic E-state index is 12.7. The van der Waals surface area contributed by atoms with E-state index in [4.69, 9.17) is 4.74 Å². The van der Waals surface area contributed by atoms with Crippen molar-refractivity contribution < 1.29 is 22.7 Å². The minimum Gasteiger partial charge on any atom is -0.452 e. The number of sulfonamides is 1. The molecule has 0 radical (unpaired) electrons. The summed E-state index contributed by atoms with van der Waals surface area (Å²) < 4.78 is 30.5. The van der Waals surface area contributed by atoms with Gasteiger partial charge in [0.05, 0.1) is 10.5 Å². The van der Waals surface area contributed by atoms with Crippen molar-refractivity contribution in [1.82, 2.24) is 9.21 Å². The molecule has 2 fully saturated rings. The van der Waals surface area contributed by atoms with Crippen LogP contribution >= 0.6 is 0 Å². The van der Waals surface area contributed by atoms with Crippen molar-refractivity contribution in [2.75, 3.05) is 27.2 Å². The van der Waals surface area contributed by atoms with E-state index >= 15 is 0 Å². The van der Waals surface area contributed by atoms with E-state index < -0.39 is 16.0 Å². The predicted octanol–water partition coefficient (Wildman–Crippen LogP) is 2.52. The van der Waals surface area contributed by atoms with Crippen molar-refractivity contribution in [2.24, 2.45) is 10.8 Å². The Kier molecular flexibility index (Phi) is 5.55.